The molecule has 0 saturated carbocycles. The molecule has 4 heterocycles. The van der Waals surface area contributed by atoms with E-state index in [0.29, 0.717) is 18.5 Å². The van der Waals surface area contributed by atoms with Crippen LogP contribution in [0.2, 0.25) is 0 Å². The van der Waals surface area contributed by atoms with Crippen LogP contribution in [0.15, 0.2) is 40.9 Å². The normalized spacial score (nSPS) is 26.7. The molecule has 0 aromatic carbocycles. The summed E-state index contributed by atoms with van der Waals surface area (Å²) in [6, 6.07) is 5.71. The molecule has 1 aliphatic carbocycles. The highest BCUT2D eigenvalue weighted by Gasteiger charge is 2.46. The van der Waals surface area contributed by atoms with Gasteiger partial charge in [-0.05, 0) is 43.5 Å². The molecule has 36 heavy (non-hydrogen) atoms. The first-order valence-electron chi connectivity index (χ1n) is 12.6. The van der Waals surface area contributed by atoms with E-state index in [1.807, 2.05) is 19.2 Å². The van der Waals surface area contributed by atoms with Crippen molar-refractivity contribution in [2.45, 2.75) is 69.7 Å². The van der Waals surface area contributed by atoms with E-state index in [1.165, 1.54) is 6.26 Å². The van der Waals surface area contributed by atoms with E-state index >= 15 is 0 Å². The topological polar surface area (TPSA) is 118 Å². The molecule has 3 aliphatic rings. The minimum absolute atomic E-state index is 0.000712. The third-order valence-electron chi connectivity index (χ3n) is 7.47. The van der Waals surface area contributed by atoms with Gasteiger partial charge in [-0.1, -0.05) is 30.1 Å². The van der Waals surface area contributed by atoms with Gasteiger partial charge in [-0.15, -0.1) is 0 Å². The Balaban J connectivity index is 1.22. The van der Waals surface area contributed by atoms with Crippen molar-refractivity contribution in [2.24, 2.45) is 5.92 Å². The van der Waals surface area contributed by atoms with Gasteiger partial charge in [0.1, 0.15) is 18.1 Å². The molecule has 3 N–H and O–H groups in total. The van der Waals surface area contributed by atoms with Crippen molar-refractivity contribution in [3.63, 3.8) is 0 Å². The maximum absolute atomic E-state index is 12.3. The van der Waals surface area contributed by atoms with E-state index in [0.717, 1.165) is 54.1 Å². The van der Waals surface area contributed by atoms with Crippen LogP contribution in [0.25, 0.3) is 12.2 Å². The number of nitrogens with one attached hydrogen (secondary N) is 3. The molecular weight excluding hydrogens is 458 g/mol. The fourth-order valence-electron chi connectivity index (χ4n) is 5.48. The van der Waals surface area contributed by atoms with E-state index in [2.05, 4.69) is 44.3 Å². The first kappa shape index (κ1) is 24.2. The lowest BCUT2D eigenvalue weighted by Crippen LogP contribution is -2.60. The lowest BCUT2D eigenvalue weighted by molar-refractivity contribution is -0.120. The van der Waals surface area contributed by atoms with Crippen LogP contribution in [0, 0.1) is 12.8 Å². The minimum atomic E-state index is -0.386. The predicted molar refractivity (Wildman–Crippen MR) is 134 cm³/mol. The van der Waals surface area contributed by atoms with Crippen molar-refractivity contribution in [3.8, 4) is 0 Å². The first-order valence-corrected chi connectivity index (χ1v) is 12.6. The molecule has 2 aromatic rings. The van der Waals surface area contributed by atoms with Crippen LogP contribution in [0.4, 0.5) is 0 Å². The van der Waals surface area contributed by atoms with Gasteiger partial charge in [0.25, 0.3) is 0 Å². The second-order valence-electron chi connectivity index (χ2n) is 9.90. The molecule has 9 heteroatoms. The summed E-state index contributed by atoms with van der Waals surface area (Å²) in [5.41, 5.74) is 2.01. The van der Waals surface area contributed by atoms with Gasteiger partial charge < -0.3 is 25.2 Å². The van der Waals surface area contributed by atoms with E-state index in [4.69, 9.17) is 9.26 Å². The van der Waals surface area contributed by atoms with Crippen molar-refractivity contribution < 1.29 is 18.8 Å². The highest BCUT2D eigenvalue weighted by atomic mass is 16.5. The number of ketones is 1. The Labute approximate surface area is 210 Å². The molecule has 0 bridgehead atoms. The van der Waals surface area contributed by atoms with Gasteiger partial charge in [0, 0.05) is 49.5 Å². The van der Waals surface area contributed by atoms with Gasteiger partial charge in [0.05, 0.1) is 17.0 Å². The van der Waals surface area contributed by atoms with Gasteiger partial charge >= 0.3 is 0 Å². The van der Waals surface area contributed by atoms with Crippen molar-refractivity contribution in [1.82, 2.24) is 26.1 Å². The van der Waals surface area contributed by atoms with Crippen LogP contribution in [0.1, 0.15) is 61.1 Å². The third kappa shape index (κ3) is 4.93. The number of carbonyl (C=O) groups excluding carboxylic acids is 2. The molecule has 1 saturated heterocycles. The zero-order valence-electron chi connectivity index (χ0n) is 20.8. The summed E-state index contributed by atoms with van der Waals surface area (Å²) >= 11 is 0. The number of methoxy groups -OCH3 is 1. The summed E-state index contributed by atoms with van der Waals surface area (Å²) in [6.07, 6.45) is 12.6. The number of aromatic nitrogens is 2. The Morgan fingerprint density at radius 3 is 2.86 bits per heavy atom. The van der Waals surface area contributed by atoms with Crippen LogP contribution in [-0.2, 0) is 9.53 Å². The Hall–Kier alpha value is -3.46. The predicted octanol–water partition coefficient (Wildman–Crippen LogP) is 1.43. The fourth-order valence-corrected chi connectivity index (χ4v) is 5.48. The quantitative estimate of drug-likeness (QED) is 0.337. The molecule has 1 amide bonds. The van der Waals surface area contributed by atoms with Crippen LogP contribution in [-0.4, -0.2) is 46.7 Å². The average molecular weight is 492 g/mol. The van der Waals surface area contributed by atoms with Crippen molar-refractivity contribution in [3.05, 3.63) is 58.3 Å². The maximum atomic E-state index is 12.3. The Kier molecular flexibility index (Phi) is 6.91. The number of hydrogen-bond acceptors (Lipinski definition) is 8. The molecule has 1 fully saturated rings. The second kappa shape index (κ2) is 10.3. The summed E-state index contributed by atoms with van der Waals surface area (Å²) in [5, 5.41) is 16.2. The van der Waals surface area contributed by atoms with Gasteiger partial charge in [-0.2, -0.15) is 0 Å². The molecule has 0 spiro atoms. The van der Waals surface area contributed by atoms with E-state index in [-0.39, 0.29) is 35.4 Å². The third-order valence-corrected chi connectivity index (χ3v) is 7.47. The highest BCUT2D eigenvalue weighted by Crippen LogP contribution is 2.33. The van der Waals surface area contributed by atoms with Gasteiger partial charge in [-0.25, -0.2) is 0 Å². The number of rotatable bonds is 10. The Bertz CT molecular complexity index is 1270. The lowest BCUT2D eigenvalue weighted by atomic mass is 9.86. The zero-order chi connectivity index (χ0) is 25.1. The number of nitrogens with zero attached hydrogens (tertiary/aromatic N) is 2. The van der Waals surface area contributed by atoms with Gasteiger partial charge in [-0.3, -0.25) is 14.6 Å². The number of unbranched alkanes of at least 4 members (excludes halogenated alkanes) is 2. The number of pyridine rings is 1. The Morgan fingerprint density at radius 1 is 1.22 bits per heavy atom. The SMILES string of the molecule is COC1C=c2nc(C)ccc2=CC1C1=CNC([C@@]2(CCCCCC(=O)c3ccon3)CCC(=O)N2)N1. The van der Waals surface area contributed by atoms with Crippen molar-refractivity contribution >= 4 is 23.8 Å². The van der Waals surface area contributed by atoms with E-state index in [1.54, 1.807) is 13.2 Å². The molecule has 2 aromatic heterocycles. The zero-order valence-corrected chi connectivity index (χ0v) is 20.8. The maximum Gasteiger partial charge on any atom is 0.220 e. The summed E-state index contributed by atoms with van der Waals surface area (Å²) in [7, 11) is 1.72. The van der Waals surface area contributed by atoms with Crippen molar-refractivity contribution in [1.29, 1.82) is 0 Å². The highest BCUT2D eigenvalue weighted by molar-refractivity contribution is 5.93. The summed E-state index contributed by atoms with van der Waals surface area (Å²) in [6.45, 7) is 1.99. The minimum Gasteiger partial charge on any atom is -0.376 e. The molecule has 4 atom stereocenters. The molecule has 5 rings (SSSR count). The summed E-state index contributed by atoms with van der Waals surface area (Å²) in [5.74, 6) is 0.0953. The van der Waals surface area contributed by atoms with Gasteiger partial charge in [0.2, 0.25) is 5.91 Å². The van der Waals surface area contributed by atoms with Crippen LogP contribution in [0.5, 0.6) is 0 Å². The lowest BCUT2D eigenvalue weighted by Gasteiger charge is -2.37. The van der Waals surface area contributed by atoms with Gasteiger partial charge in [0.15, 0.2) is 5.78 Å². The van der Waals surface area contributed by atoms with Crippen LogP contribution < -0.4 is 26.5 Å². The summed E-state index contributed by atoms with van der Waals surface area (Å²) in [4.78, 5) is 29.1. The number of aryl methyl sites for hydroxylation is 1. The Morgan fingerprint density at radius 2 is 2.11 bits per heavy atom. The molecule has 3 unspecified atom stereocenters. The molecular formula is C27H33N5O4. The molecule has 190 valence electrons. The standard InChI is InChI=1S/C27H33N5O4/c1-17-7-8-18-14-19(24(35-2)15-21(18)29-17)22-16-28-26(30-22)27(12-9-25(34)31-27)11-5-3-4-6-23(33)20-10-13-36-32-20/h7-8,10,13-16,19,24,26,28,30H,3-6,9,11-12H2,1-2H3,(H,31,34)/t19?,24?,26?,27-/m1/s1. The van der Waals surface area contributed by atoms with Crippen molar-refractivity contribution in [2.75, 3.05) is 7.11 Å². The van der Waals surface area contributed by atoms with E-state index in [9.17, 15) is 9.59 Å². The smallest absolute Gasteiger partial charge is 0.220 e. The first-order chi connectivity index (χ1) is 17.5. The number of hydrogen-bond donors (Lipinski definition) is 3. The number of Topliss-reactive ketones (excluding diaryl/α,β-unsaturated/α-hetero) is 1. The van der Waals surface area contributed by atoms with Crippen LogP contribution in [0.3, 0.4) is 0 Å². The number of fused-ring (bicyclic) bond motifs is 1. The molecule has 0 radical (unpaired) electrons. The fraction of sp³-hybridized carbons (Fsp3) is 0.481. The summed E-state index contributed by atoms with van der Waals surface area (Å²) < 4.78 is 10.6. The number of carbonyl (C=O) groups is 2. The number of ether oxygens (including phenoxy) is 1. The second-order valence-corrected chi connectivity index (χ2v) is 9.90. The average Bonchev–Trinajstić information content (AvgIpc) is 3.64. The van der Waals surface area contributed by atoms with Crippen LogP contribution >= 0.6 is 0 Å². The molecule has 9 nitrogen and oxygen atoms in total. The molecule has 2 aliphatic heterocycles. The largest absolute Gasteiger partial charge is 0.376 e. The van der Waals surface area contributed by atoms with E-state index < -0.39 is 0 Å². The number of amides is 1. The monoisotopic (exact) mass is 491 g/mol.